The summed E-state index contributed by atoms with van der Waals surface area (Å²) in [6, 6.07) is 11.8. The number of hydrogen-bond acceptors (Lipinski definition) is 6. The third-order valence-electron chi connectivity index (χ3n) is 4.90. The Morgan fingerprint density at radius 3 is 3.07 bits per heavy atom. The number of carbonyl (C=O) groups is 1. The molecule has 152 valence electrons. The first kappa shape index (κ1) is 18.6. The minimum absolute atomic E-state index is 0.100. The van der Waals surface area contributed by atoms with E-state index >= 15 is 0 Å². The molecule has 1 N–H and O–H groups in total. The smallest absolute Gasteiger partial charge is 0.247 e. The first-order valence-corrected chi connectivity index (χ1v) is 10.5. The summed E-state index contributed by atoms with van der Waals surface area (Å²) in [4.78, 5) is 17.2. The molecule has 1 aliphatic heterocycles. The summed E-state index contributed by atoms with van der Waals surface area (Å²) in [6.07, 6.45) is 1.76. The van der Waals surface area contributed by atoms with E-state index in [1.165, 1.54) is 11.3 Å². The number of thiazole rings is 1. The number of carbonyl (C=O) groups excluding carboxylic acids is 1. The van der Waals surface area contributed by atoms with Gasteiger partial charge in [-0.15, -0.1) is 0 Å². The molecule has 0 saturated heterocycles. The van der Waals surface area contributed by atoms with Gasteiger partial charge in [0.15, 0.2) is 5.13 Å². The minimum atomic E-state index is -0.175. The molecule has 0 atom stereocenters. The molecule has 7 nitrogen and oxygen atoms in total. The molecule has 8 heteroatoms. The van der Waals surface area contributed by atoms with E-state index in [9.17, 15) is 4.79 Å². The Balaban J connectivity index is 1.37. The van der Waals surface area contributed by atoms with Gasteiger partial charge in [-0.2, -0.15) is 5.10 Å². The second kappa shape index (κ2) is 7.46. The van der Waals surface area contributed by atoms with Crippen molar-refractivity contribution in [1.29, 1.82) is 0 Å². The van der Waals surface area contributed by atoms with Crippen molar-refractivity contribution in [3.8, 4) is 22.8 Å². The molecule has 30 heavy (non-hydrogen) atoms. The molecule has 1 amide bonds. The number of amides is 1. The number of nitrogens with one attached hydrogen (secondary N) is 1. The van der Waals surface area contributed by atoms with Crippen molar-refractivity contribution < 1.29 is 14.3 Å². The van der Waals surface area contributed by atoms with Gasteiger partial charge >= 0.3 is 0 Å². The molecule has 0 saturated carbocycles. The van der Waals surface area contributed by atoms with Gasteiger partial charge in [0.05, 0.1) is 28.7 Å². The molecule has 0 radical (unpaired) electrons. The first-order valence-electron chi connectivity index (χ1n) is 9.72. The van der Waals surface area contributed by atoms with Crippen LogP contribution in [0.2, 0.25) is 0 Å². The topological polar surface area (TPSA) is 78.3 Å². The SMILES string of the molecule is CCOc1ccc2nc(NC(=O)Cn3ncc4c3-c3cc(C)ccc3OC4)sc2c1. The van der Waals surface area contributed by atoms with E-state index in [1.807, 2.05) is 44.2 Å². The zero-order valence-electron chi connectivity index (χ0n) is 16.6. The number of ether oxygens (including phenoxy) is 2. The summed E-state index contributed by atoms with van der Waals surface area (Å²) < 4.78 is 14.0. The first-order chi connectivity index (χ1) is 14.6. The van der Waals surface area contributed by atoms with Crippen molar-refractivity contribution >= 4 is 32.6 Å². The predicted octanol–water partition coefficient (Wildman–Crippen LogP) is 4.40. The monoisotopic (exact) mass is 420 g/mol. The van der Waals surface area contributed by atoms with Crippen LogP contribution in [0.15, 0.2) is 42.6 Å². The molecule has 0 unspecified atom stereocenters. The molecule has 0 spiro atoms. The molecule has 0 aliphatic carbocycles. The molecule has 0 bridgehead atoms. The number of fused-ring (bicyclic) bond motifs is 4. The third-order valence-corrected chi connectivity index (χ3v) is 5.83. The molecular weight excluding hydrogens is 400 g/mol. The van der Waals surface area contributed by atoms with Gasteiger partial charge in [0.1, 0.15) is 24.7 Å². The maximum atomic E-state index is 12.7. The van der Waals surface area contributed by atoms with Gasteiger partial charge in [-0.3, -0.25) is 9.48 Å². The zero-order valence-corrected chi connectivity index (χ0v) is 17.5. The molecule has 1 aliphatic rings. The van der Waals surface area contributed by atoms with E-state index in [1.54, 1.807) is 10.9 Å². The molecule has 0 fully saturated rings. The maximum absolute atomic E-state index is 12.7. The van der Waals surface area contributed by atoms with Crippen LogP contribution >= 0.6 is 11.3 Å². The largest absolute Gasteiger partial charge is 0.494 e. The normalized spacial score (nSPS) is 12.2. The van der Waals surface area contributed by atoms with Crippen LogP contribution in [0.5, 0.6) is 11.5 Å². The highest BCUT2D eigenvalue weighted by atomic mass is 32.1. The highest BCUT2D eigenvalue weighted by Gasteiger charge is 2.23. The maximum Gasteiger partial charge on any atom is 0.247 e. The van der Waals surface area contributed by atoms with E-state index < -0.39 is 0 Å². The molecule has 2 aromatic carbocycles. The van der Waals surface area contributed by atoms with Crippen LogP contribution in [0.4, 0.5) is 5.13 Å². The van der Waals surface area contributed by atoms with Crippen molar-refractivity contribution in [1.82, 2.24) is 14.8 Å². The van der Waals surface area contributed by atoms with E-state index in [-0.39, 0.29) is 12.5 Å². The van der Waals surface area contributed by atoms with Crippen LogP contribution in [0.3, 0.4) is 0 Å². The van der Waals surface area contributed by atoms with Crippen molar-refractivity contribution in [2.24, 2.45) is 0 Å². The van der Waals surface area contributed by atoms with Crippen LogP contribution in [0, 0.1) is 6.92 Å². The van der Waals surface area contributed by atoms with E-state index in [2.05, 4.69) is 21.5 Å². The summed E-state index contributed by atoms with van der Waals surface area (Å²) in [5, 5.41) is 7.88. The Hall–Kier alpha value is -3.39. The lowest BCUT2D eigenvalue weighted by Gasteiger charge is -2.19. The predicted molar refractivity (Wildman–Crippen MR) is 116 cm³/mol. The van der Waals surface area contributed by atoms with Crippen molar-refractivity contribution in [3.05, 3.63) is 53.7 Å². The third kappa shape index (κ3) is 3.39. The quantitative estimate of drug-likeness (QED) is 0.518. The lowest BCUT2D eigenvalue weighted by Crippen LogP contribution is -2.20. The highest BCUT2D eigenvalue weighted by Crippen LogP contribution is 2.38. The number of aryl methyl sites for hydroxylation is 1. The van der Waals surface area contributed by atoms with Crippen LogP contribution in [0.25, 0.3) is 21.5 Å². The van der Waals surface area contributed by atoms with Crippen molar-refractivity contribution in [2.75, 3.05) is 11.9 Å². The minimum Gasteiger partial charge on any atom is -0.494 e. The van der Waals surface area contributed by atoms with Gasteiger partial charge in [-0.05, 0) is 44.2 Å². The number of benzene rings is 2. The average molecular weight is 420 g/mol. The summed E-state index contributed by atoms with van der Waals surface area (Å²) in [5.41, 5.74) is 4.83. The number of rotatable bonds is 5. The van der Waals surface area contributed by atoms with Crippen LogP contribution in [-0.4, -0.2) is 27.3 Å². The van der Waals surface area contributed by atoms with Gasteiger partial charge in [0.25, 0.3) is 0 Å². The average Bonchev–Trinajstić information content (AvgIpc) is 3.31. The van der Waals surface area contributed by atoms with Gasteiger partial charge in [-0.25, -0.2) is 4.98 Å². The number of anilines is 1. The van der Waals surface area contributed by atoms with Gasteiger partial charge in [0, 0.05) is 11.1 Å². The molecular formula is C22H20N4O3S. The molecule has 2 aromatic heterocycles. The molecule has 4 aromatic rings. The van der Waals surface area contributed by atoms with Crippen LogP contribution in [-0.2, 0) is 17.9 Å². The lowest BCUT2D eigenvalue weighted by molar-refractivity contribution is -0.116. The van der Waals surface area contributed by atoms with Crippen LogP contribution in [0.1, 0.15) is 18.1 Å². The lowest BCUT2D eigenvalue weighted by atomic mass is 10.0. The molecule has 5 rings (SSSR count). The number of aromatic nitrogens is 3. The summed E-state index contributed by atoms with van der Waals surface area (Å²) in [6.45, 7) is 5.14. The van der Waals surface area contributed by atoms with E-state index in [0.29, 0.717) is 18.3 Å². The van der Waals surface area contributed by atoms with Gasteiger partial charge in [-0.1, -0.05) is 23.0 Å². The number of nitrogens with zero attached hydrogens (tertiary/aromatic N) is 3. The summed E-state index contributed by atoms with van der Waals surface area (Å²) in [7, 11) is 0. The van der Waals surface area contributed by atoms with Gasteiger partial charge < -0.3 is 14.8 Å². The van der Waals surface area contributed by atoms with Gasteiger partial charge in [0.2, 0.25) is 5.91 Å². The highest BCUT2D eigenvalue weighted by molar-refractivity contribution is 7.22. The van der Waals surface area contributed by atoms with Crippen molar-refractivity contribution in [2.45, 2.75) is 27.0 Å². The van der Waals surface area contributed by atoms with Crippen molar-refractivity contribution in [3.63, 3.8) is 0 Å². The van der Waals surface area contributed by atoms with E-state index in [0.717, 1.165) is 44.1 Å². The van der Waals surface area contributed by atoms with Crippen LogP contribution < -0.4 is 14.8 Å². The Morgan fingerprint density at radius 1 is 1.30 bits per heavy atom. The Labute approximate surface area is 177 Å². The standard InChI is InChI=1S/C22H20N4O3S/c1-3-28-15-5-6-17-19(9-15)30-22(24-17)25-20(27)11-26-21-14(10-23-26)12-29-18-7-4-13(2)8-16(18)21/h4-10H,3,11-12H2,1-2H3,(H,24,25,27). The summed E-state index contributed by atoms with van der Waals surface area (Å²) >= 11 is 1.42. The Morgan fingerprint density at radius 2 is 2.20 bits per heavy atom. The second-order valence-electron chi connectivity index (χ2n) is 7.09. The molecule has 3 heterocycles. The second-order valence-corrected chi connectivity index (χ2v) is 8.12. The van der Waals surface area contributed by atoms with E-state index in [4.69, 9.17) is 9.47 Å². The number of hydrogen-bond donors (Lipinski definition) is 1. The Kier molecular flexibility index (Phi) is 4.63. The fourth-order valence-corrected chi connectivity index (χ4v) is 4.49. The zero-order chi connectivity index (χ0) is 20.7. The fraction of sp³-hybridized carbons (Fsp3) is 0.227. The summed E-state index contributed by atoms with van der Waals surface area (Å²) in [5.74, 6) is 1.43. The Bertz CT molecular complexity index is 1260. The fourth-order valence-electron chi connectivity index (χ4n) is 3.58.